The fourth-order valence-electron chi connectivity index (χ4n) is 2.17. The molecule has 0 spiro atoms. The molecule has 0 aliphatic carbocycles. The molecule has 1 aromatic rings. The number of thioether (sulfide) groups is 1. The lowest BCUT2D eigenvalue weighted by Gasteiger charge is -2.34. The zero-order chi connectivity index (χ0) is 13.1. The lowest BCUT2D eigenvalue weighted by atomic mass is 10.3. The first-order valence-electron chi connectivity index (χ1n) is 6.62. The van der Waals surface area contributed by atoms with Crippen molar-refractivity contribution < 1.29 is 0 Å². The molecule has 1 N–H and O–H groups in total. The Morgan fingerprint density at radius 1 is 1.39 bits per heavy atom. The highest BCUT2D eigenvalue weighted by Gasteiger charge is 2.24. The second-order valence-electron chi connectivity index (χ2n) is 5.32. The molecule has 0 radical (unpaired) electrons. The van der Waals surface area contributed by atoms with Crippen LogP contribution in [0.25, 0.3) is 0 Å². The van der Waals surface area contributed by atoms with Crippen molar-refractivity contribution in [1.82, 2.24) is 10.3 Å². The molecule has 1 aliphatic rings. The maximum Gasteiger partial charge on any atom is 0.185 e. The Balaban J connectivity index is 1.96. The molecule has 102 valence electrons. The Labute approximate surface area is 118 Å². The van der Waals surface area contributed by atoms with E-state index in [-0.39, 0.29) is 0 Å². The highest BCUT2D eigenvalue weighted by molar-refractivity contribution is 8.00. The van der Waals surface area contributed by atoms with Crippen molar-refractivity contribution in [2.24, 2.45) is 0 Å². The number of anilines is 1. The molecule has 2 rings (SSSR count). The minimum Gasteiger partial charge on any atom is -0.346 e. The van der Waals surface area contributed by atoms with Crippen molar-refractivity contribution in [1.29, 1.82) is 0 Å². The first kappa shape index (κ1) is 14.2. The molecule has 18 heavy (non-hydrogen) atoms. The van der Waals surface area contributed by atoms with E-state index in [2.05, 4.69) is 55.1 Å². The minimum absolute atomic E-state index is 0.515. The lowest BCUT2D eigenvalue weighted by Crippen LogP contribution is -2.40. The SMILES string of the molecule is CC(C)NCc1csc(N2CC(C)SC(C)C2)n1. The Morgan fingerprint density at radius 2 is 2.06 bits per heavy atom. The predicted octanol–water partition coefficient (Wildman–Crippen LogP) is 2.97. The van der Waals surface area contributed by atoms with E-state index in [0.29, 0.717) is 16.5 Å². The topological polar surface area (TPSA) is 28.2 Å². The number of hydrogen-bond acceptors (Lipinski definition) is 5. The zero-order valence-corrected chi connectivity index (χ0v) is 13.3. The molecule has 0 bridgehead atoms. The predicted molar refractivity (Wildman–Crippen MR) is 82.8 cm³/mol. The Morgan fingerprint density at radius 3 is 2.67 bits per heavy atom. The van der Waals surface area contributed by atoms with E-state index in [1.807, 2.05) is 0 Å². The van der Waals surface area contributed by atoms with Crippen molar-refractivity contribution in [3.63, 3.8) is 0 Å². The normalized spacial score (nSPS) is 24.8. The highest BCUT2D eigenvalue weighted by atomic mass is 32.2. The van der Waals surface area contributed by atoms with E-state index in [4.69, 9.17) is 4.98 Å². The Kier molecular flexibility index (Phi) is 4.92. The van der Waals surface area contributed by atoms with Gasteiger partial charge in [-0.15, -0.1) is 11.3 Å². The fourth-order valence-corrected chi connectivity index (χ4v) is 4.34. The number of thiazole rings is 1. The number of hydrogen-bond donors (Lipinski definition) is 1. The number of rotatable bonds is 4. The first-order valence-corrected chi connectivity index (χ1v) is 8.45. The van der Waals surface area contributed by atoms with Crippen LogP contribution in [-0.4, -0.2) is 34.6 Å². The number of nitrogens with one attached hydrogen (secondary N) is 1. The van der Waals surface area contributed by atoms with Gasteiger partial charge in [0.15, 0.2) is 5.13 Å². The summed E-state index contributed by atoms with van der Waals surface area (Å²) in [6.45, 7) is 12.1. The molecule has 2 unspecified atom stereocenters. The van der Waals surface area contributed by atoms with E-state index in [0.717, 1.165) is 19.6 Å². The summed E-state index contributed by atoms with van der Waals surface area (Å²) in [5.74, 6) is 0. The average Bonchev–Trinajstić information content (AvgIpc) is 2.73. The highest BCUT2D eigenvalue weighted by Crippen LogP contribution is 2.30. The van der Waals surface area contributed by atoms with Gasteiger partial charge in [0, 0.05) is 41.6 Å². The summed E-state index contributed by atoms with van der Waals surface area (Å²) in [7, 11) is 0. The summed E-state index contributed by atoms with van der Waals surface area (Å²) >= 11 is 3.86. The van der Waals surface area contributed by atoms with Crippen molar-refractivity contribution in [3.05, 3.63) is 11.1 Å². The van der Waals surface area contributed by atoms with Crippen molar-refractivity contribution in [3.8, 4) is 0 Å². The number of nitrogens with zero attached hydrogens (tertiary/aromatic N) is 2. The van der Waals surface area contributed by atoms with Crippen LogP contribution < -0.4 is 10.2 Å². The molecule has 5 heteroatoms. The minimum atomic E-state index is 0.515. The maximum atomic E-state index is 4.75. The molecule has 1 fully saturated rings. The van der Waals surface area contributed by atoms with E-state index >= 15 is 0 Å². The van der Waals surface area contributed by atoms with Gasteiger partial charge in [-0.05, 0) is 0 Å². The molecule has 2 atom stereocenters. The standard InChI is InChI=1S/C13H23N3S2/c1-9(2)14-5-12-8-17-13(15-12)16-6-10(3)18-11(4)7-16/h8-11,14H,5-7H2,1-4H3. The van der Waals surface area contributed by atoms with E-state index in [1.54, 1.807) is 11.3 Å². The molecule has 0 amide bonds. The molecule has 0 saturated carbocycles. The third kappa shape index (κ3) is 3.87. The van der Waals surface area contributed by atoms with Gasteiger partial charge in [0.1, 0.15) is 0 Å². The van der Waals surface area contributed by atoms with Crippen LogP contribution in [0.3, 0.4) is 0 Å². The van der Waals surface area contributed by atoms with Crippen LogP contribution in [0.2, 0.25) is 0 Å². The first-order chi connectivity index (χ1) is 8.54. The van der Waals surface area contributed by atoms with Crippen LogP contribution in [0, 0.1) is 0 Å². The molecule has 1 aliphatic heterocycles. The van der Waals surface area contributed by atoms with E-state index in [9.17, 15) is 0 Å². The lowest BCUT2D eigenvalue weighted by molar-refractivity contribution is 0.582. The third-order valence-corrected chi connectivity index (χ3v) is 5.10. The molecular formula is C13H23N3S2. The second-order valence-corrected chi connectivity index (χ2v) is 8.04. The van der Waals surface area contributed by atoms with Crippen LogP contribution in [0.1, 0.15) is 33.4 Å². The Bertz CT molecular complexity index is 368. The summed E-state index contributed by atoms with van der Waals surface area (Å²) in [4.78, 5) is 7.19. The van der Waals surface area contributed by atoms with Gasteiger partial charge in [-0.3, -0.25) is 0 Å². The van der Waals surface area contributed by atoms with Crippen molar-refractivity contribution in [2.45, 2.75) is 50.8 Å². The molecule has 1 saturated heterocycles. The van der Waals surface area contributed by atoms with E-state index < -0.39 is 0 Å². The van der Waals surface area contributed by atoms with Gasteiger partial charge < -0.3 is 10.2 Å². The van der Waals surface area contributed by atoms with Crippen LogP contribution in [-0.2, 0) is 6.54 Å². The van der Waals surface area contributed by atoms with Gasteiger partial charge in [0.05, 0.1) is 5.69 Å². The van der Waals surface area contributed by atoms with Gasteiger partial charge in [0.25, 0.3) is 0 Å². The molecule has 3 nitrogen and oxygen atoms in total. The van der Waals surface area contributed by atoms with Crippen LogP contribution in [0.15, 0.2) is 5.38 Å². The summed E-state index contributed by atoms with van der Waals surface area (Å²) in [6.07, 6.45) is 0. The largest absolute Gasteiger partial charge is 0.346 e. The van der Waals surface area contributed by atoms with Crippen molar-refractivity contribution in [2.75, 3.05) is 18.0 Å². The van der Waals surface area contributed by atoms with Gasteiger partial charge in [-0.2, -0.15) is 11.8 Å². The fraction of sp³-hybridized carbons (Fsp3) is 0.769. The number of aromatic nitrogens is 1. The van der Waals surface area contributed by atoms with Crippen LogP contribution >= 0.6 is 23.1 Å². The van der Waals surface area contributed by atoms with Crippen LogP contribution in [0.5, 0.6) is 0 Å². The summed E-state index contributed by atoms with van der Waals surface area (Å²) in [5.41, 5.74) is 1.17. The monoisotopic (exact) mass is 285 g/mol. The smallest absolute Gasteiger partial charge is 0.185 e. The molecule has 1 aromatic heterocycles. The van der Waals surface area contributed by atoms with Gasteiger partial charge in [-0.1, -0.05) is 27.7 Å². The molecular weight excluding hydrogens is 262 g/mol. The second kappa shape index (κ2) is 6.26. The molecule has 2 heterocycles. The molecule has 0 aromatic carbocycles. The van der Waals surface area contributed by atoms with Crippen LogP contribution in [0.4, 0.5) is 5.13 Å². The maximum absolute atomic E-state index is 4.75. The van der Waals surface area contributed by atoms with Crippen molar-refractivity contribution >= 4 is 28.2 Å². The van der Waals surface area contributed by atoms with Gasteiger partial charge in [0.2, 0.25) is 0 Å². The summed E-state index contributed by atoms with van der Waals surface area (Å²) in [6, 6.07) is 0.515. The summed E-state index contributed by atoms with van der Waals surface area (Å²) in [5, 5.41) is 8.20. The third-order valence-electron chi connectivity index (χ3n) is 2.92. The Hall–Kier alpha value is -0.260. The van der Waals surface area contributed by atoms with E-state index in [1.165, 1.54) is 10.8 Å². The summed E-state index contributed by atoms with van der Waals surface area (Å²) < 4.78 is 0. The van der Waals surface area contributed by atoms with Gasteiger partial charge in [-0.25, -0.2) is 4.98 Å². The zero-order valence-electron chi connectivity index (χ0n) is 11.6. The quantitative estimate of drug-likeness (QED) is 0.920. The average molecular weight is 285 g/mol. The van der Waals surface area contributed by atoms with Gasteiger partial charge >= 0.3 is 0 Å².